The van der Waals surface area contributed by atoms with Crippen LogP contribution in [-0.4, -0.2) is 32.3 Å². The summed E-state index contributed by atoms with van der Waals surface area (Å²) in [4.78, 5) is 31.5. The molecule has 0 fully saturated rings. The van der Waals surface area contributed by atoms with Crippen LogP contribution in [0.4, 0.5) is 11.4 Å². The number of carbonyl (C=O) groups is 2. The van der Waals surface area contributed by atoms with Crippen LogP contribution in [0.3, 0.4) is 0 Å². The molecule has 8 nitrogen and oxygen atoms in total. The lowest BCUT2D eigenvalue weighted by Crippen LogP contribution is -2.30. The highest BCUT2D eigenvalue weighted by atomic mass is 35.5. The van der Waals surface area contributed by atoms with Crippen LogP contribution in [-0.2, 0) is 15.4 Å². The maximum atomic E-state index is 13.4. The first kappa shape index (κ1) is 23.7. The molecule has 0 atom stereocenters. The van der Waals surface area contributed by atoms with E-state index in [1.165, 1.54) is 43.6 Å². The molecule has 1 aliphatic heterocycles. The molecule has 2 heterocycles. The maximum Gasteiger partial charge on any atom is 0.268 e. The number of fused-ring (bicyclic) bond motifs is 1. The van der Waals surface area contributed by atoms with Crippen LogP contribution in [0.5, 0.6) is 5.88 Å². The molecule has 176 valence electrons. The van der Waals surface area contributed by atoms with E-state index in [9.17, 15) is 18.0 Å². The first-order valence-electron chi connectivity index (χ1n) is 10.3. The summed E-state index contributed by atoms with van der Waals surface area (Å²) in [6.07, 6.45) is 1.46. The fraction of sp³-hybridized carbons (Fsp3) is 0.208. The van der Waals surface area contributed by atoms with E-state index in [1.54, 1.807) is 18.2 Å². The fourth-order valence-corrected chi connectivity index (χ4v) is 4.99. The number of amides is 2. The van der Waals surface area contributed by atoms with Crippen LogP contribution >= 0.6 is 11.6 Å². The van der Waals surface area contributed by atoms with Gasteiger partial charge in [-0.15, -0.1) is 0 Å². The van der Waals surface area contributed by atoms with Crippen molar-refractivity contribution >= 4 is 44.8 Å². The van der Waals surface area contributed by atoms with E-state index in [0.29, 0.717) is 0 Å². The third-order valence-corrected chi connectivity index (χ3v) is 7.15. The van der Waals surface area contributed by atoms with Gasteiger partial charge in [0.25, 0.3) is 21.8 Å². The Balaban J connectivity index is 1.75. The number of sulfonamides is 1. The van der Waals surface area contributed by atoms with Gasteiger partial charge in [0.2, 0.25) is 5.88 Å². The molecule has 4 rings (SSSR count). The Hall–Kier alpha value is -3.43. The number of pyridine rings is 1. The monoisotopic (exact) mass is 499 g/mol. The molecule has 1 aromatic heterocycles. The maximum absolute atomic E-state index is 13.4. The molecule has 0 bridgehead atoms. The highest BCUT2D eigenvalue weighted by molar-refractivity contribution is 7.92. The molecule has 2 aromatic carbocycles. The number of anilines is 2. The summed E-state index contributed by atoms with van der Waals surface area (Å²) in [6, 6.07) is 12.3. The van der Waals surface area contributed by atoms with Crippen molar-refractivity contribution in [3.63, 3.8) is 0 Å². The van der Waals surface area contributed by atoms with Crippen molar-refractivity contribution < 1.29 is 22.7 Å². The summed E-state index contributed by atoms with van der Waals surface area (Å²) >= 11 is 6.25. The molecule has 3 aromatic rings. The van der Waals surface area contributed by atoms with Crippen molar-refractivity contribution in [2.24, 2.45) is 0 Å². The largest absolute Gasteiger partial charge is 0.479 e. The number of halogens is 1. The number of benzene rings is 2. The summed E-state index contributed by atoms with van der Waals surface area (Å²) in [6.45, 7) is 6.08. The molecule has 0 saturated carbocycles. The van der Waals surface area contributed by atoms with Crippen LogP contribution in [0, 0.1) is 0 Å². The van der Waals surface area contributed by atoms with E-state index < -0.39 is 21.8 Å². The Kier molecular flexibility index (Phi) is 5.87. The molecular weight excluding hydrogens is 478 g/mol. The number of nitrogens with zero attached hydrogens (tertiary/aromatic N) is 2. The predicted molar refractivity (Wildman–Crippen MR) is 129 cm³/mol. The van der Waals surface area contributed by atoms with E-state index in [4.69, 9.17) is 16.3 Å². The summed E-state index contributed by atoms with van der Waals surface area (Å²) in [5.41, 5.74) is 0.665. The van der Waals surface area contributed by atoms with E-state index in [-0.39, 0.29) is 43.7 Å². The molecule has 1 aliphatic rings. The van der Waals surface area contributed by atoms with Crippen molar-refractivity contribution in [3.05, 3.63) is 76.4 Å². The zero-order valence-corrected chi connectivity index (χ0v) is 20.5. The van der Waals surface area contributed by atoms with Gasteiger partial charge < -0.3 is 4.74 Å². The number of imide groups is 1. The predicted octanol–water partition coefficient (Wildman–Crippen LogP) is 4.64. The van der Waals surface area contributed by atoms with Crippen LogP contribution < -0.4 is 14.4 Å². The minimum absolute atomic E-state index is 0.0201. The number of hydrogen-bond acceptors (Lipinski definition) is 6. The highest BCUT2D eigenvalue weighted by Crippen LogP contribution is 2.40. The molecule has 0 unspecified atom stereocenters. The van der Waals surface area contributed by atoms with Gasteiger partial charge in [-0.3, -0.25) is 14.3 Å². The molecule has 0 aliphatic carbocycles. The van der Waals surface area contributed by atoms with Gasteiger partial charge in [-0.05, 0) is 47.4 Å². The summed E-state index contributed by atoms with van der Waals surface area (Å²) in [5.74, 6) is -1.38. The number of aromatic nitrogens is 1. The Bertz CT molecular complexity index is 1410. The first-order valence-corrected chi connectivity index (χ1v) is 12.2. The first-order chi connectivity index (χ1) is 16.0. The minimum atomic E-state index is -4.06. The second kappa shape index (κ2) is 8.41. The van der Waals surface area contributed by atoms with E-state index in [0.717, 1.165) is 10.5 Å². The van der Waals surface area contributed by atoms with Crippen LogP contribution in [0.1, 0.15) is 47.1 Å². The van der Waals surface area contributed by atoms with Crippen molar-refractivity contribution in [2.75, 3.05) is 16.7 Å². The molecule has 34 heavy (non-hydrogen) atoms. The van der Waals surface area contributed by atoms with Crippen molar-refractivity contribution in [1.29, 1.82) is 0 Å². The third kappa shape index (κ3) is 4.01. The van der Waals surface area contributed by atoms with Crippen LogP contribution in [0.25, 0.3) is 0 Å². The number of methoxy groups -OCH3 is 1. The average molecular weight is 500 g/mol. The van der Waals surface area contributed by atoms with Crippen molar-refractivity contribution in [1.82, 2.24) is 4.98 Å². The van der Waals surface area contributed by atoms with Gasteiger partial charge in [-0.2, -0.15) is 0 Å². The zero-order chi connectivity index (χ0) is 24.8. The molecular formula is C24H22ClN3O5S. The van der Waals surface area contributed by atoms with Gasteiger partial charge in [0.15, 0.2) is 0 Å². The Morgan fingerprint density at radius 1 is 0.971 bits per heavy atom. The molecule has 1 N–H and O–H groups in total. The standard InChI is InChI=1S/C24H22ClN3O5S/c1-24(2,3)14-7-9-15(10-8-14)34(31,32)27-17-12-11-16(25)19-20(17)23(30)28(22(19)29)18-6-5-13-26-21(18)33-4/h5-13,27H,1-4H3. The topological polar surface area (TPSA) is 106 Å². The van der Waals surface area contributed by atoms with Crippen molar-refractivity contribution in [3.8, 4) is 5.88 Å². The number of hydrogen-bond donors (Lipinski definition) is 1. The van der Waals surface area contributed by atoms with E-state index in [1.807, 2.05) is 20.8 Å². The molecule has 0 saturated heterocycles. The van der Waals surface area contributed by atoms with Gasteiger partial charge in [0, 0.05) is 6.20 Å². The molecule has 2 amide bonds. The number of carbonyl (C=O) groups excluding carboxylic acids is 2. The number of rotatable bonds is 5. The average Bonchev–Trinajstić information content (AvgIpc) is 3.06. The van der Waals surface area contributed by atoms with Gasteiger partial charge >= 0.3 is 0 Å². The zero-order valence-electron chi connectivity index (χ0n) is 18.9. The Morgan fingerprint density at radius 3 is 2.24 bits per heavy atom. The van der Waals surface area contributed by atoms with E-state index in [2.05, 4.69) is 9.71 Å². The lowest BCUT2D eigenvalue weighted by atomic mass is 9.87. The SMILES string of the molecule is COc1ncccc1N1C(=O)c2c(Cl)ccc(NS(=O)(=O)c3ccc(C(C)(C)C)cc3)c2C1=O. The second-order valence-electron chi connectivity index (χ2n) is 8.70. The van der Waals surface area contributed by atoms with Gasteiger partial charge in [0.1, 0.15) is 5.69 Å². The van der Waals surface area contributed by atoms with Crippen LogP contribution in [0.15, 0.2) is 59.6 Å². The number of nitrogens with one attached hydrogen (secondary N) is 1. The summed E-state index contributed by atoms with van der Waals surface area (Å²) in [5, 5.41) is 0.0242. The minimum Gasteiger partial charge on any atom is -0.479 e. The quantitative estimate of drug-likeness (QED) is 0.512. The van der Waals surface area contributed by atoms with Gasteiger partial charge in [-0.25, -0.2) is 18.3 Å². The normalized spacial score (nSPS) is 13.7. The third-order valence-electron chi connectivity index (χ3n) is 5.45. The second-order valence-corrected chi connectivity index (χ2v) is 10.8. The molecule has 0 spiro atoms. The highest BCUT2D eigenvalue weighted by Gasteiger charge is 2.42. The van der Waals surface area contributed by atoms with Gasteiger partial charge in [0.05, 0.1) is 33.8 Å². The number of ether oxygens (including phenoxy) is 1. The van der Waals surface area contributed by atoms with E-state index >= 15 is 0 Å². The van der Waals surface area contributed by atoms with Crippen LogP contribution in [0.2, 0.25) is 5.02 Å². The molecule has 10 heteroatoms. The van der Waals surface area contributed by atoms with Gasteiger partial charge in [-0.1, -0.05) is 44.5 Å². The summed E-state index contributed by atoms with van der Waals surface area (Å²) < 4.78 is 33.8. The fourth-order valence-electron chi connectivity index (χ4n) is 3.68. The lowest BCUT2D eigenvalue weighted by Gasteiger charge is -2.19. The molecule has 0 radical (unpaired) electrons. The smallest absolute Gasteiger partial charge is 0.268 e. The summed E-state index contributed by atoms with van der Waals surface area (Å²) in [7, 11) is -2.70. The lowest BCUT2D eigenvalue weighted by molar-refractivity contribution is 0.0925. The Morgan fingerprint density at radius 2 is 1.62 bits per heavy atom. The van der Waals surface area contributed by atoms with Crippen molar-refractivity contribution in [2.45, 2.75) is 31.1 Å². The Labute approximate surface area is 202 Å².